The first-order chi connectivity index (χ1) is 8.74. The normalized spacial score (nSPS) is 9.61. The van der Waals surface area contributed by atoms with E-state index >= 15 is 0 Å². The van der Waals surface area contributed by atoms with Crippen LogP contribution in [0.2, 0.25) is 5.02 Å². The van der Waals surface area contributed by atoms with Crippen LogP contribution in [0.15, 0.2) is 54.6 Å². The molecule has 0 unspecified atom stereocenters. The topological polar surface area (TPSA) is 36.1 Å². The van der Waals surface area contributed by atoms with E-state index in [-0.39, 0.29) is 0 Å². The van der Waals surface area contributed by atoms with Crippen molar-refractivity contribution in [3.63, 3.8) is 0 Å². The summed E-state index contributed by atoms with van der Waals surface area (Å²) in [7, 11) is 0. The average molecular weight is 278 g/mol. The second kappa shape index (κ2) is 6.23. The van der Waals surface area contributed by atoms with Crippen LogP contribution in [0.4, 0.5) is 11.4 Å². The maximum Gasteiger partial charge on any atom is 0.189 e. The minimum atomic E-state index is 0.496. The maximum atomic E-state index is 5.80. The lowest BCUT2D eigenvalue weighted by atomic mass is 10.3. The van der Waals surface area contributed by atoms with E-state index in [9.17, 15) is 0 Å². The van der Waals surface area contributed by atoms with Crippen molar-refractivity contribution in [2.75, 3.05) is 10.7 Å². The third kappa shape index (κ3) is 3.91. The highest BCUT2D eigenvalue weighted by atomic mass is 35.5. The molecule has 2 aromatic carbocycles. The van der Waals surface area contributed by atoms with Gasteiger partial charge in [-0.05, 0) is 48.6 Å². The van der Waals surface area contributed by atoms with Gasteiger partial charge in [-0.1, -0.05) is 29.8 Å². The number of benzene rings is 2. The Kier molecular flexibility index (Phi) is 4.39. The van der Waals surface area contributed by atoms with Crippen LogP contribution >= 0.6 is 23.8 Å². The molecule has 3 N–H and O–H groups in total. The van der Waals surface area contributed by atoms with E-state index in [1.807, 2.05) is 42.5 Å². The summed E-state index contributed by atoms with van der Waals surface area (Å²) in [5.41, 5.74) is 7.70. The number of hydrogen-bond acceptors (Lipinski definition) is 2. The second-order valence-corrected chi connectivity index (χ2v) is 4.42. The molecular weight excluding hydrogens is 266 g/mol. The van der Waals surface area contributed by atoms with Gasteiger partial charge < -0.3 is 5.32 Å². The van der Waals surface area contributed by atoms with Gasteiger partial charge in [0.2, 0.25) is 0 Å². The quantitative estimate of drug-likeness (QED) is 0.591. The largest absolute Gasteiger partial charge is 0.331 e. The summed E-state index contributed by atoms with van der Waals surface area (Å²) in [6.45, 7) is 0. The first-order valence-corrected chi connectivity index (χ1v) is 6.16. The Balaban J connectivity index is 1.83. The molecule has 0 saturated heterocycles. The molecule has 0 fully saturated rings. The summed E-state index contributed by atoms with van der Waals surface area (Å²) in [4.78, 5) is 0. The van der Waals surface area contributed by atoms with Crippen LogP contribution < -0.4 is 16.2 Å². The Bertz CT molecular complexity index is 514. The third-order valence-corrected chi connectivity index (χ3v) is 2.65. The fourth-order valence-electron chi connectivity index (χ4n) is 1.35. The summed E-state index contributed by atoms with van der Waals surface area (Å²) < 4.78 is 0. The molecule has 0 bridgehead atoms. The smallest absolute Gasteiger partial charge is 0.189 e. The Labute approximate surface area is 116 Å². The molecule has 5 heteroatoms. The van der Waals surface area contributed by atoms with Crippen LogP contribution in [0, 0.1) is 0 Å². The first-order valence-electron chi connectivity index (χ1n) is 5.38. The Hall–Kier alpha value is -1.78. The summed E-state index contributed by atoms with van der Waals surface area (Å²) >= 11 is 10.9. The zero-order valence-corrected chi connectivity index (χ0v) is 11.1. The van der Waals surface area contributed by atoms with E-state index in [0.29, 0.717) is 10.1 Å². The molecule has 0 heterocycles. The molecule has 0 aliphatic rings. The molecule has 3 nitrogen and oxygen atoms in total. The van der Waals surface area contributed by atoms with Crippen LogP contribution in [0.25, 0.3) is 0 Å². The van der Waals surface area contributed by atoms with Crippen molar-refractivity contribution in [1.82, 2.24) is 5.43 Å². The van der Waals surface area contributed by atoms with Gasteiger partial charge in [0.05, 0.1) is 5.69 Å². The van der Waals surface area contributed by atoms with E-state index in [2.05, 4.69) is 16.2 Å². The molecule has 2 aromatic rings. The zero-order valence-electron chi connectivity index (χ0n) is 9.48. The fraction of sp³-hybridized carbons (Fsp3) is 0. The van der Waals surface area contributed by atoms with Gasteiger partial charge in [-0.15, -0.1) is 0 Å². The molecule has 0 spiro atoms. The standard InChI is InChI=1S/C13H12ClN3S/c14-10-6-8-12(9-7-10)16-17-13(18)15-11-4-2-1-3-5-11/h1-9,16H,(H2,15,17,18). The monoisotopic (exact) mass is 277 g/mol. The highest BCUT2D eigenvalue weighted by Gasteiger charge is 1.96. The molecule has 0 atom stereocenters. The van der Waals surface area contributed by atoms with E-state index in [1.165, 1.54) is 0 Å². The van der Waals surface area contributed by atoms with Gasteiger partial charge in [0.15, 0.2) is 5.11 Å². The second-order valence-electron chi connectivity index (χ2n) is 3.58. The van der Waals surface area contributed by atoms with E-state index in [4.69, 9.17) is 23.8 Å². The van der Waals surface area contributed by atoms with Gasteiger partial charge in [-0.25, -0.2) is 0 Å². The van der Waals surface area contributed by atoms with Crippen molar-refractivity contribution >= 4 is 40.3 Å². The fourth-order valence-corrected chi connectivity index (χ4v) is 1.64. The van der Waals surface area contributed by atoms with Crippen LogP contribution in [0.3, 0.4) is 0 Å². The molecule has 2 rings (SSSR count). The highest BCUT2D eigenvalue weighted by molar-refractivity contribution is 7.80. The Morgan fingerprint density at radius 3 is 2.22 bits per heavy atom. The van der Waals surface area contributed by atoms with Crippen molar-refractivity contribution in [3.8, 4) is 0 Å². The van der Waals surface area contributed by atoms with Gasteiger partial charge in [0.25, 0.3) is 0 Å². The predicted molar refractivity (Wildman–Crippen MR) is 80.9 cm³/mol. The molecular formula is C13H12ClN3S. The first kappa shape index (κ1) is 12.7. The summed E-state index contributed by atoms with van der Waals surface area (Å²) in [6.07, 6.45) is 0. The Morgan fingerprint density at radius 1 is 0.889 bits per heavy atom. The van der Waals surface area contributed by atoms with Crippen LogP contribution in [0.1, 0.15) is 0 Å². The molecule has 0 saturated carbocycles. The van der Waals surface area contributed by atoms with Crippen molar-refractivity contribution in [2.24, 2.45) is 0 Å². The van der Waals surface area contributed by atoms with Crippen LogP contribution in [-0.2, 0) is 0 Å². The van der Waals surface area contributed by atoms with Crippen molar-refractivity contribution in [1.29, 1.82) is 0 Å². The number of hydrazine groups is 1. The SMILES string of the molecule is S=C(NNc1ccc(Cl)cc1)Nc1ccccc1. The summed E-state index contributed by atoms with van der Waals surface area (Å²) in [6, 6.07) is 17.1. The van der Waals surface area contributed by atoms with Gasteiger partial charge in [0, 0.05) is 10.7 Å². The van der Waals surface area contributed by atoms with Crippen molar-refractivity contribution in [3.05, 3.63) is 59.6 Å². The number of thiocarbonyl (C=S) groups is 1. The van der Waals surface area contributed by atoms with Crippen molar-refractivity contribution in [2.45, 2.75) is 0 Å². The maximum absolute atomic E-state index is 5.80. The predicted octanol–water partition coefficient (Wildman–Crippen LogP) is 3.65. The van der Waals surface area contributed by atoms with Crippen molar-refractivity contribution < 1.29 is 0 Å². The molecule has 18 heavy (non-hydrogen) atoms. The Morgan fingerprint density at radius 2 is 1.56 bits per heavy atom. The van der Waals surface area contributed by atoms with Gasteiger partial charge in [-0.2, -0.15) is 0 Å². The van der Waals surface area contributed by atoms with Crippen LogP contribution in [0.5, 0.6) is 0 Å². The minimum Gasteiger partial charge on any atom is -0.331 e. The van der Waals surface area contributed by atoms with E-state index < -0.39 is 0 Å². The summed E-state index contributed by atoms with van der Waals surface area (Å²) in [5, 5.41) is 4.25. The number of rotatable bonds is 3. The number of anilines is 2. The lowest BCUT2D eigenvalue weighted by Crippen LogP contribution is -2.33. The van der Waals surface area contributed by atoms with Gasteiger partial charge >= 0.3 is 0 Å². The van der Waals surface area contributed by atoms with E-state index in [0.717, 1.165) is 11.4 Å². The lowest BCUT2D eigenvalue weighted by Gasteiger charge is -2.12. The molecule has 0 amide bonds. The zero-order chi connectivity index (χ0) is 12.8. The van der Waals surface area contributed by atoms with Gasteiger partial charge in [-0.3, -0.25) is 10.9 Å². The average Bonchev–Trinajstić information content (AvgIpc) is 2.39. The molecule has 0 aromatic heterocycles. The number of halogens is 1. The lowest BCUT2D eigenvalue weighted by molar-refractivity contribution is 1.14. The highest BCUT2D eigenvalue weighted by Crippen LogP contribution is 2.12. The number of hydrogen-bond donors (Lipinski definition) is 3. The number of para-hydroxylation sites is 1. The third-order valence-electron chi connectivity index (χ3n) is 2.20. The number of nitrogens with one attached hydrogen (secondary N) is 3. The minimum absolute atomic E-state index is 0.496. The summed E-state index contributed by atoms with van der Waals surface area (Å²) in [5.74, 6) is 0. The molecule has 0 aliphatic heterocycles. The van der Waals surface area contributed by atoms with Crippen LogP contribution in [-0.4, -0.2) is 5.11 Å². The van der Waals surface area contributed by atoms with E-state index in [1.54, 1.807) is 12.1 Å². The molecule has 0 radical (unpaired) electrons. The van der Waals surface area contributed by atoms with Gasteiger partial charge in [0.1, 0.15) is 0 Å². The molecule has 0 aliphatic carbocycles. The molecule has 92 valence electrons.